The minimum Gasteiger partial charge on any atom is -0.495 e. The van der Waals surface area contributed by atoms with Gasteiger partial charge in [-0.05, 0) is 12.1 Å². The Bertz CT molecular complexity index is 354. The van der Waals surface area contributed by atoms with Crippen molar-refractivity contribution in [3.63, 3.8) is 0 Å². The largest absolute Gasteiger partial charge is 0.572 e. The highest BCUT2D eigenvalue weighted by molar-refractivity contribution is 6.17. The molecule has 0 saturated heterocycles. The van der Waals surface area contributed by atoms with Gasteiger partial charge in [0.15, 0.2) is 5.58 Å². The van der Waals surface area contributed by atoms with E-state index in [9.17, 15) is 0 Å². The lowest BCUT2D eigenvalue weighted by atomic mass is 10.3. The van der Waals surface area contributed by atoms with E-state index in [1.807, 2.05) is 12.1 Å². The third kappa shape index (κ3) is 1.14. The summed E-state index contributed by atoms with van der Waals surface area (Å²) in [7, 11) is 0.532. The predicted molar refractivity (Wildman–Crippen MR) is 42.6 cm³/mol. The monoisotopic (exact) mass is 162 g/mol. The zero-order valence-corrected chi connectivity index (χ0v) is 6.10. The average molecular weight is 162 g/mol. The molecule has 0 unspecified atom stereocenters. The maximum Gasteiger partial charge on any atom is 0.572 e. The number of aromatic nitrogens is 1. The van der Waals surface area contributed by atoms with Crippen molar-refractivity contribution in [2.24, 2.45) is 0 Å². The molecule has 1 aromatic heterocycles. The molecule has 0 aliphatic heterocycles. The molecule has 0 saturated carbocycles. The molecule has 12 heavy (non-hydrogen) atoms. The number of benzene rings is 1. The summed E-state index contributed by atoms with van der Waals surface area (Å²) >= 11 is 0. The molecule has 1 heterocycles. The second-order valence-electron chi connectivity index (χ2n) is 2.17. The Morgan fingerprint density at radius 1 is 1.42 bits per heavy atom. The molecule has 5 heteroatoms. The van der Waals surface area contributed by atoms with Crippen molar-refractivity contribution in [2.75, 3.05) is 0 Å². The first-order valence-electron chi connectivity index (χ1n) is 3.38. The predicted octanol–water partition coefficient (Wildman–Crippen LogP) is 0.733. The number of nitrogens with zero attached hydrogens (tertiary/aromatic N) is 1. The normalized spacial score (nSPS) is 10.1. The smallest absolute Gasteiger partial charge is 0.495 e. The molecule has 1 N–H and O–H groups in total. The van der Waals surface area contributed by atoms with Gasteiger partial charge in [0.1, 0.15) is 5.52 Å². The molecule has 2 rings (SSSR count). The molecule has 2 aromatic rings. The number of fused-ring (bicyclic) bond motifs is 1. The Balaban J connectivity index is 2.47. The maximum absolute atomic E-state index is 8.30. The third-order valence-electron chi connectivity index (χ3n) is 1.43. The summed E-state index contributed by atoms with van der Waals surface area (Å²) in [4.78, 5) is 3.92. The van der Waals surface area contributed by atoms with Crippen LogP contribution in [0.25, 0.3) is 11.1 Å². The summed E-state index contributed by atoms with van der Waals surface area (Å²) in [5.74, 6) is 0. The van der Waals surface area contributed by atoms with Crippen molar-refractivity contribution in [1.82, 2.24) is 4.98 Å². The molecule has 0 atom stereocenters. The lowest BCUT2D eigenvalue weighted by Gasteiger charge is -1.88. The topological polar surface area (TPSA) is 55.5 Å². The van der Waals surface area contributed by atoms with Crippen molar-refractivity contribution in [3.05, 3.63) is 24.3 Å². The van der Waals surface area contributed by atoms with Gasteiger partial charge < -0.3 is 14.1 Å². The van der Waals surface area contributed by atoms with Crippen molar-refractivity contribution in [1.29, 1.82) is 0 Å². The fraction of sp³-hybridized carbons (Fsp3) is 0. The van der Waals surface area contributed by atoms with Crippen LogP contribution in [0.2, 0.25) is 0 Å². The molecule has 0 amide bonds. The van der Waals surface area contributed by atoms with E-state index < -0.39 is 0 Å². The summed E-state index contributed by atoms with van der Waals surface area (Å²) < 4.78 is 9.63. The zero-order chi connectivity index (χ0) is 8.39. The number of para-hydroxylation sites is 2. The Kier molecular flexibility index (Phi) is 1.71. The summed E-state index contributed by atoms with van der Waals surface area (Å²) in [5.41, 5.74) is 1.34. The van der Waals surface area contributed by atoms with Gasteiger partial charge in [0.05, 0.1) is 0 Å². The highest BCUT2D eigenvalue weighted by Crippen LogP contribution is 2.18. The first kappa shape index (κ1) is 7.18. The molecule has 1 radical (unpaired) electrons. The molecule has 0 aliphatic carbocycles. The molecule has 0 aliphatic rings. The van der Waals surface area contributed by atoms with Gasteiger partial charge in [-0.3, -0.25) is 0 Å². The van der Waals surface area contributed by atoms with Gasteiger partial charge in [-0.15, -0.1) is 0 Å². The fourth-order valence-electron chi connectivity index (χ4n) is 0.947. The van der Waals surface area contributed by atoms with E-state index in [2.05, 4.69) is 9.64 Å². The van der Waals surface area contributed by atoms with E-state index >= 15 is 0 Å². The van der Waals surface area contributed by atoms with Crippen LogP contribution in [0.1, 0.15) is 0 Å². The maximum atomic E-state index is 8.30. The van der Waals surface area contributed by atoms with Gasteiger partial charge in [-0.25, -0.2) is 0 Å². The first-order valence-corrected chi connectivity index (χ1v) is 3.38. The van der Waals surface area contributed by atoms with Gasteiger partial charge in [-0.1, -0.05) is 12.1 Å². The van der Waals surface area contributed by atoms with E-state index in [4.69, 9.17) is 9.44 Å². The Labute approximate surface area is 69.1 Å². The van der Waals surface area contributed by atoms with Gasteiger partial charge in [0, 0.05) is 0 Å². The third-order valence-corrected chi connectivity index (χ3v) is 1.43. The van der Waals surface area contributed by atoms with E-state index in [1.165, 1.54) is 0 Å². The van der Waals surface area contributed by atoms with Gasteiger partial charge in [0.25, 0.3) is 0 Å². The highest BCUT2D eigenvalue weighted by atomic mass is 16.6. The lowest BCUT2D eigenvalue weighted by Crippen LogP contribution is -1.99. The van der Waals surface area contributed by atoms with Crippen LogP contribution in [0.3, 0.4) is 0 Å². The van der Waals surface area contributed by atoms with Crippen molar-refractivity contribution in [2.45, 2.75) is 0 Å². The van der Waals surface area contributed by atoms with Crippen molar-refractivity contribution < 1.29 is 14.1 Å². The number of oxazole rings is 1. The Morgan fingerprint density at radius 2 is 2.25 bits per heavy atom. The van der Waals surface area contributed by atoms with Crippen LogP contribution < -0.4 is 4.65 Å². The zero-order valence-electron chi connectivity index (χ0n) is 6.10. The van der Waals surface area contributed by atoms with Crippen LogP contribution >= 0.6 is 0 Å². The standard InChI is InChI=1S/C7H5BNO3/c10-8-12-7-9-5-3-1-2-4-6(5)11-7/h1-4,10H. The van der Waals surface area contributed by atoms with Crippen LogP contribution in [0.4, 0.5) is 0 Å². The molecular formula is C7H5BNO3. The number of rotatable bonds is 2. The molecule has 0 fully saturated rings. The van der Waals surface area contributed by atoms with Gasteiger partial charge >= 0.3 is 13.8 Å². The van der Waals surface area contributed by atoms with Gasteiger partial charge in [0.2, 0.25) is 0 Å². The second kappa shape index (κ2) is 2.87. The van der Waals surface area contributed by atoms with Crippen LogP contribution in [-0.4, -0.2) is 17.7 Å². The Morgan fingerprint density at radius 3 is 3.00 bits per heavy atom. The van der Waals surface area contributed by atoms with E-state index in [1.54, 1.807) is 12.1 Å². The number of hydrogen-bond acceptors (Lipinski definition) is 4. The minimum atomic E-state index is 0.0405. The molecule has 59 valence electrons. The van der Waals surface area contributed by atoms with E-state index in [0.717, 1.165) is 0 Å². The molecule has 0 bridgehead atoms. The summed E-state index contributed by atoms with van der Waals surface area (Å²) in [6.07, 6.45) is 0.0405. The van der Waals surface area contributed by atoms with E-state index in [0.29, 0.717) is 18.8 Å². The molecule has 1 aromatic carbocycles. The van der Waals surface area contributed by atoms with Crippen LogP contribution in [0.5, 0.6) is 6.08 Å². The minimum absolute atomic E-state index is 0.0405. The lowest BCUT2D eigenvalue weighted by molar-refractivity contribution is 0.356. The summed E-state index contributed by atoms with van der Waals surface area (Å²) in [6, 6.07) is 7.24. The quantitative estimate of drug-likeness (QED) is 0.661. The molecular weight excluding hydrogens is 157 g/mol. The first-order chi connectivity index (χ1) is 5.90. The van der Waals surface area contributed by atoms with Crippen LogP contribution in [0, 0.1) is 0 Å². The number of hydrogen-bond donors (Lipinski definition) is 1. The van der Waals surface area contributed by atoms with Crippen LogP contribution in [0.15, 0.2) is 28.7 Å². The SMILES string of the molecule is O[B]Oc1nc2ccccc2o1. The van der Waals surface area contributed by atoms with Crippen molar-refractivity contribution >= 4 is 18.8 Å². The van der Waals surface area contributed by atoms with Crippen LogP contribution in [-0.2, 0) is 0 Å². The molecule has 0 spiro atoms. The highest BCUT2D eigenvalue weighted by Gasteiger charge is 2.04. The summed E-state index contributed by atoms with van der Waals surface area (Å²) in [5, 5.41) is 8.30. The van der Waals surface area contributed by atoms with Crippen molar-refractivity contribution in [3.8, 4) is 6.08 Å². The summed E-state index contributed by atoms with van der Waals surface area (Å²) in [6.45, 7) is 0. The average Bonchev–Trinajstić information content (AvgIpc) is 2.47. The van der Waals surface area contributed by atoms with E-state index in [-0.39, 0.29) is 6.08 Å². The molecule has 4 nitrogen and oxygen atoms in total. The fourth-order valence-corrected chi connectivity index (χ4v) is 0.947. The van der Waals surface area contributed by atoms with Gasteiger partial charge in [-0.2, -0.15) is 4.98 Å². The second-order valence-corrected chi connectivity index (χ2v) is 2.17. The Hall–Kier alpha value is -1.49.